The number of benzene rings is 3. The van der Waals surface area contributed by atoms with Crippen molar-refractivity contribution >= 4 is 33.5 Å². The number of nitrogens with one attached hydrogen (secondary N) is 1. The summed E-state index contributed by atoms with van der Waals surface area (Å²) < 4.78 is 17.3. The van der Waals surface area contributed by atoms with Gasteiger partial charge in [-0.25, -0.2) is 0 Å². The molecule has 0 atom stereocenters. The zero-order chi connectivity index (χ0) is 21.9. The third-order valence-electron chi connectivity index (χ3n) is 5.17. The van der Waals surface area contributed by atoms with Crippen LogP contribution in [-0.2, 0) is 6.61 Å². The van der Waals surface area contributed by atoms with Gasteiger partial charge in [-0.2, -0.15) is 0 Å². The maximum absolute atomic E-state index is 13.0. The number of amides is 1. The fourth-order valence-corrected chi connectivity index (χ4v) is 3.59. The number of aromatic nitrogens is 1. The molecule has 2 heterocycles. The van der Waals surface area contributed by atoms with Gasteiger partial charge in [-0.15, -0.1) is 0 Å². The van der Waals surface area contributed by atoms with Crippen LogP contribution in [0.1, 0.15) is 15.9 Å². The highest BCUT2D eigenvalue weighted by molar-refractivity contribution is 6.10. The molecule has 32 heavy (non-hydrogen) atoms. The Balaban J connectivity index is 1.39. The quantitative estimate of drug-likeness (QED) is 0.372. The molecule has 2 aromatic heterocycles. The number of nitrogens with zero attached hydrogens (tertiary/aromatic N) is 1. The van der Waals surface area contributed by atoms with Crippen LogP contribution in [0.4, 0.5) is 5.69 Å². The minimum Gasteiger partial charge on any atom is -0.495 e. The molecule has 0 radical (unpaired) electrons. The molecular formula is C26H20N2O4. The summed E-state index contributed by atoms with van der Waals surface area (Å²) in [5.74, 6) is 0.883. The van der Waals surface area contributed by atoms with Crippen LogP contribution in [0, 0.1) is 0 Å². The van der Waals surface area contributed by atoms with Crippen molar-refractivity contribution in [2.75, 3.05) is 12.4 Å². The molecule has 0 bridgehead atoms. The maximum Gasteiger partial charge on any atom is 0.255 e. The first kappa shape index (κ1) is 19.6. The highest BCUT2D eigenvalue weighted by atomic mass is 16.5. The van der Waals surface area contributed by atoms with Gasteiger partial charge in [0, 0.05) is 40.4 Å². The van der Waals surface area contributed by atoms with Crippen LogP contribution in [-0.4, -0.2) is 18.0 Å². The van der Waals surface area contributed by atoms with Crippen LogP contribution in [0.15, 0.2) is 89.6 Å². The number of carbonyl (C=O) groups excluding carboxylic acids is 1. The van der Waals surface area contributed by atoms with Crippen molar-refractivity contribution < 1.29 is 18.7 Å². The van der Waals surface area contributed by atoms with Gasteiger partial charge < -0.3 is 19.2 Å². The van der Waals surface area contributed by atoms with Crippen molar-refractivity contribution in [3.05, 3.63) is 96.3 Å². The lowest BCUT2D eigenvalue weighted by molar-refractivity contribution is 0.102. The van der Waals surface area contributed by atoms with E-state index in [1.54, 1.807) is 43.8 Å². The third-order valence-corrected chi connectivity index (χ3v) is 5.17. The summed E-state index contributed by atoms with van der Waals surface area (Å²) in [6.45, 7) is 0.370. The largest absolute Gasteiger partial charge is 0.495 e. The highest BCUT2D eigenvalue weighted by Gasteiger charge is 2.15. The van der Waals surface area contributed by atoms with Crippen LogP contribution in [0.3, 0.4) is 0 Å². The zero-order valence-electron chi connectivity index (χ0n) is 17.4. The predicted octanol–water partition coefficient (Wildman–Crippen LogP) is 5.82. The zero-order valence-corrected chi connectivity index (χ0v) is 17.4. The van der Waals surface area contributed by atoms with Gasteiger partial charge in [0.2, 0.25) is 0 Å². The van der Waals surface area contributed by atoms with Crippen molar-refractivity contribution in [2.45, 2.75) is 6.61 Å². The Labute approximate surface area is 184 Å². The Morgan fingerprint density at radius 3 is 2.72 bits per heavy atom. The monoisotopic (exact) mass is 424 g/mol. The SMILES string of the molecule is COc1cc2c(cc1NC(=O)c1cccc(OCc3cccnc3)c1)oc1ccccc12. The molecule has 3 aromatic carbocycles. The molecule has 0 aliphatic rings. The summed E-state index contributed by atoms with van der Waals surface area (Å²) in [7, 11) is 1.58. The lowest BCUT2D eigenvalue weighted by Crippen LogP contribution is -2.12. The Morgan fingerprint density at radius 2 is 1.88 bits per heavy atom. The molecule has 5 aromatic rings. The normalized spacial score (nSPS) is 10.9. The van der Waals surface area contributed by atoms with E-state index >= 15 is 0 Å². The number of pyridine rings is 1. The predicted molar refractivity (Wildman–Crippen MR) is 123 cm³/mol. The van der Waals surface area contributed by atoms with Crippen molar-refractivity contribution in [3.63, 3.8) is 0 Å². The number of hydrogen-bond donors (Lipinski definition) is 1. The highest BCUT2D eigenvalue weighted by Crippen LogP contribution is 2.36. The first-order valence-corrected chi connectivity index (χ1v) is 10.1. The molecule has 0 fully saturated rings. The minimum atomic E-state index is -0.273. The molecule has 0 spiro atoms. The Bertz CT molecular complexity index is 1410. The number of rotatable bonds is 6. The van der Waals surface area contributed by atoms with Crippen molar-refractivity contribution in [1.29, 1.82) is 0 Å². The van der Waals surface area contributed by atoms with E-state index in [0.717, 1.165) is 21.9 Å². The molecule has 0 saturated heterocycles. The van der Waals surface area contributed by atoms with Gasteiger partial charge in [0.15, 0.2) is 0 Å². The summed E-state index contributed by atoms with van der Waals surface area (Å²) in [5.41, 5.74) is 3.42. The maximum atomic E-state index is 13.0. The average molecular weight is 424 g/mol. The second kappa shape index (κ2) is 8.43. The van der Waals surface area contributed by atoms with Crippen LogP contribution in [0.25, 0.3) is 21.9 Å². The Kier molecular flexibility index (Phi) is 5.17. The average Bonchev–Trinajstić information content (AvgIpc) is 3.20. The molecule has 1 amide bonds. The molecule has 0 unspecified atom stereocenters. The van der Waals surface area contributed by atoms with Gasteiger partial charge in [0.05, 0.1) is 12.8 Å². The number of fused-ring (bicyclic) bond motifs is 3. The van der Waals surface area contributed by atoms with Gasteiger partial charge in [0.1, 0.15) is 29.3 Å². The molecule has 0 aliphatic carbocycles. The van der Waals surface area contributed by atoms with E-state index in [1.807, 2.05) is 48.5 Å². The first-order chi connectivity index (χ1) is 15.7. The summed E-state index contributed by atoms with van der Waals surface area (Å²) in [5, 5.41) is 4.85. The summed E-state index contributed by atoms with van der Waals surface area (Å²) in [6, 6.07) is 22.3. The molecule has 1 N–H and O–H groups in total. The van der Waals surface area contributed by atoms with Crippen molar-refractivity contribution in [1.82, 2.24) is 4.98 Å². The molecule has 0 saturated carbocycles. The van der Waals surface area contributed by atoms with E-state index in [2.05, 4.69) is 10.3 Å². The van der Waals surface area contributed by atoms with E-state index in [4.69, 9.17) is 13.9 Å². The van der Waals surface area contributed by atoms with Crippen molar-refractivity contribution in [2.24, 2.45) is 0 Å². The van der Waals surface area contributed by atoms with Gasteiger partial charge in [-0.05, 0) is 36.4 Å². The van der Waals surface area contributed by atoms with Gasteiger partial charge in [0.25, 0.3) is 5.91 Å². The first-order valence-electron chi connectivity index (χ1n) is 10.1. The van der Waals surface area contributed by atoms with Crippen LogP contribution >= 0.6 is 0 Å². The van der Waals surface area contributed by atoms with E-state index < -0.39 is 0 Å². The minimum absolute atomic E-state index is 0.273. The Morgan fingerprint density at radius 1 is 0.969 bits per heavy atom. The van der Waals surface area contributed by atoms with Gasteiger partial charge >= 0.3 is 0 Å². The van der Waals surface area contributed by atoms with Gasteiger partial charge in [-0.3, -0.25) is 9.78 Å². The summed E-state index contributed by atoms with van der Waals surface area (Å²) in [6.07, 6.45) is 3.46. The fourth-order valence-electron chi connectivity index (χ4n) is 3.59. The smallest absolute Gasteiger partial charge is 0.255 e. The second-order valence-electron chi connectivity index (χ2n) is 7.28. The van der Waals surface area contributed by atoms with Crippen LogP contribution in [0.2, 0.25) is 0 Å². The number of ether oxygens (including phenoxy) is 2. The van der Waals surface area contributed by atoms with Crippen molar-refractivity contribution in [3.8, 4) is 11.5 Å². The molecule has 5 rings (SSSR count). The van der Waals surface area contributed by atoms with Crippen LogP contribution in [0.5, 0.6) is 11.5 Å². The van der Waals surface area contributed by atoms with E-state index in [0.29, 0.717) is 34.9 Å². The number of hydrogen-bond acceptors (Lipinski definition) is 5. The van der Waals surface area contributed by atoms with E-state index in [9.17, 15) is 4.79 Å². The van der Waals surface area contributed by atoms with Gasteiger partial charge in [-0.1, -0.05) is 30.3 Å². The number of para-hydroxylation sites is 1. The topological polar surface area (TPSA) is 73.6 Å². The third kappa shape index (κ3) is 3.86. The summed E-state index contributed by atoms with van der Waals surface area (Å²) in [4.78, 5) is 17.0. The number of carbonyl (C=O) groups is 1. The lowest BCUT2D eigenvalue weighted by Gasteiger charge is -2.11. The van der Waals surface area contributed by atoms with Crippen LogP contribution < -0.4 is 14.8 Å². The Hall–Kier alpha value is -4.32. The molecular weight excluding hydrogens is 404 g/mol. The standard InChI is InChI=1S/C26H20N2O4/c1-30-25-13-21-20-9-2-3-10-23(20)32-24(21)14-22(25)28-26(29)18-7-4-8-19(12-18)31-16-17-6-5-11-27-15-17/h2-15H,16H2,1H3,(H,28,29). The second-order valence-corrected chi connectivity index (χ2v) is 7.28. The summed E-state index contributed by atoms with van der Waals surface area (Å²) >= 11 is 0. The fraction of sp³-hybridized carbons (Fsp3) is 0.0769. The van der Waals surface area contributed by atoms with E-state index in [-0.39, 0.29) is 5.91 Å². The number of anilines is 1. The lowest BCUT2D eigenvalue weighted by atomic mass is 10.1. The molecule has 6 heteroatoms. The molecule has 0 aliphatic heterocycles. The molecule has 158 valence electrons. The number of methoxy groups -OCH3 is 1. The van der Waals surface area contributed by atoms with E-state index in [1.165, 1.54) is 0 Å². The number of furan rings is 1. The molecule has 6 nitrogen and oxygen atoms in total.